The van der Waals surface area contributed by atoms with E-state index >= 15 is 0 Å². The Labute approximate surface area is 135 Å². The van der Waals surface area contributed by atoms with Crippen molar-refractivity contribution in [2.45, 2.75) is 38.0 Å². The summed E-state index contributed by atoms with van der Waals surface area (Å²) >= 11 is 0. The number of hydrogen-bond donors (Lipinski definition) is 1. The fraction of sp³-hybridized carbons (Fsp3) is 0.667. The molecule has 8 nitrogen and oxygen atoms in total. The zero-order chi connectivity index (χ0) is 16.4. The van der Waals surface area contributed by atoms with Crippen LogP contribution in [0.2, 0.25) is 0 Å². The summed E-state index contributed by atoms with van der Waals surface area (Å²) in [5, 5.41) is 18.5. The molecular weight excluding hydrogens is 296 g/mol. The molecule has 1 saturated heterocycles. The first-order valence-corrected chi connectivity index (χ1v) is 7.93. The van der Waals surface area contributed by atoms with E-state index in [1.165, 1.54) is 0 Å². The Morgan fingerprint density at radius 3 is 2.96 bits per heavy atom. The zero-order valence-electron chi connectivity index (χ0n) is 13.9. The van der Waals surface area contributed by atoms with Crippen molar-refractivity contribution in [2.24, 2.45) is 7.05 Å². The van der Waals surface area contributed by atoms with E-state index in [0.717, 1.165) is 24.9 Å². The van der Waals surface area contributed by atoms with Crippen LogP contribution in [0.5, 0.6) is 0 Å². The second-order valence-electron chi connectivity index (χ2n) is 6.35. The van der Waals surface area contributed by atoms with Gasteiger partial charge in [0.25, 0.3) is 5.95 Å². The molecule has 0 saturated carbocycles. The number of aliphatic hydroxyl groups excluding tert-OH is 1. The van der Waals surface area contributed by atoms with Gasteiger partial charge >= 0.3 is 0 Å². The minimum atomic E-state index is -0.491. The van der Waals surface area contributed by atoms with Crippen LogP contribution in [0.25, 0.3) is 0 Å². The van der Waals surface area contributed by atoms with Gasteiger partial charge in [-0.15, -0.1) is 0 Å². The van der Waals surface area contributed by atoms with E-state index in [1.54, 1.807) is 10.9 Å². The van der Waals surface area contributed by atoms with Crippen LogP contribution in [0.1, 0.15) is 36.8 Å². The van der Waals surface area contributed by atoms with Gasteiger partial charge < -0.3 is 14.5 Å². The average Bonchev–Trinajstić information content (AvgIpc) is 3.21. The van der Waals surface area contributed by atoms with Crippen LogP contribution < -0.4 is 4.90 Å². The van der Waals surface area contributed by atoms with Crippen molar-refractivity contribution in [3.8, 4) is 0 Å². The van der Waals surface area contributed by atoms with Crippen LogP contribution in [-0.2, 0) is 13.6 Å². The fourth-order valence-corrected chi connectivity index (χ4v) is 3.04. The molecule has 126 valence electrons. The highest BCUT2D eigenvalue weighted by molar-refractivity contribution is 5.23. The third kappa shape index (κ3) is 3.70. The lowest BCUT2D eigenvalue weighted by atomic mass is 10.0. The minimum absolute atomic E-state index is 0.319. The Morgan fingerprint density at radius 2 is 2.30 bits per heavy atom. The van der Waals surface area contributed by atoms with E-state index in [1.807, 2.05) is 32.2 Å². The highest BCUT2D eigenvalue weighted by atomic mass is 16.5. The maximum Gasteiger partial charge on any atom is 0.265 e. The highest BCUT2D eigenvalue weighted by Gasteiger charge is 2.29. The van der Waals surface area contributed by atoms with Gasteiger partial charge in [-0.1, -0.05) is 0 Å². The molecule has 2 aromatic rings. The Morgan fingerprint density at radius 1 is 1.48 bits per heavy atom. The zero-order valence-corrected chi connectivity index (χ0v) is 13.9. The van der Waals surface area contributed by atoms with Gasteiger partial charge in [-0.3, -0.25) is 9.58 Å². The van der Waals surface area contributed by atoms with Crippen molar-refractivity contribution in [3.63, 3.8) is 0 Å². The average molecular weight is 320 g/mol. The first-order chi connectivity index (χ1) is 11.0. The van der Waals surface area contributed by atoms with E-state index in [9.17, 15) is 5.11 Å². The normalized spacial score (nSPS) is 20.1. The summed E-state index contributed by atoms with van der Waals surface area (Å²) in [4.78, 5) is 8.51. The lowest BCUT2D eigenvalue weighted by Crippen LogP contribution is -2.30. The van der Waals surface area contributed by atoms with Crippen molar-refractivity contribution in [3.05, 3.63) is 23.8 Å². The molecule has 2 aromatic heterocycles. The number of anilines is 1. The van der Waals surface area contributed by atoms with Crippen molar-refractivity contribution in [1.29, 1.82) is 0 Å². The van der Waals surface area contributed by atoms with Gasteiger partial charge in [0.1, 0.15) is 0 Å². The predicted molar refractivity (Wildman–Crippen MR) is 84.8 cm³/mol. The standard InChI is InChI=1S/C15H24N6O2/c1-19(2)15-17-14(23-18-15)10-21-6-4-5-12(21)7-13(22)11-8-16-20(3)9-11/h8-9,12-13,22H,4-7,10H2,1-3H3/t12-,13+/m0/s1. The van der Waals surface area contributed by atoms with Gasteiger partial charge in [0.15, 0.2) is 0 Å². The van der Waals surface area contributed by atoms with Gasteiger partial charge in [-0.25, -0.2) is 0 Å². The molecule has 1 N–H and O–H groups in total. The van der Waals surface area contributed by atoms with E-state index in [2.05, 4.69) is 20.1 Å². The molecule has 0 unspecified atom stereocenters. The third-order valence-electron chi connectivity index (χ3n) is 4.30. The lowest BCUT2D eigenvalue weighted by molar-refractivity contribution is 0.112. The molecule has 2 atom stereocenters. The van der Waals surface area contributed by atoms with Crippen LogP contribution in [0, 0.1) is 0 Å². The van der Waals surface area contributed by atoms with E-state index in [0.29, 0.717) is 30.8 Å². The monoisotopic (exact) mass is 320 g/mol. The maximum atomic E-state index is 10.4. The molecule has 1 aliphatic rings. The number of aliphatic hydroxyl groups is 1. The van der Waals surface area contributed by atoms with Gasteiger partial charge in [0.05, 0.1) is 18.8 Å². The number of hydrogen-bond acceptors (Lipinski definition) is 7. The molecule has 0 bridgehead atoms. The van der Waals surface area contributed by atoms with Gasteiger partial charge in [0.2, 0.25) is 5.89 Å². The fourth-order valence-electron chi connectivity index (χ4n) is 3.04. The largest absolute Gasteiger partial charge is 0.388 e. The van der Waals surface area contributed by atoms with Crippen molar-refractivity contribution in [2.75, 3.05) is 25.5 Å². The van der Waals surface area contributed by atoms with E-state index in [-0.39, 0.29) is 0 Å². The summed E-state index contributed by atoms with van der Waals surface area (Å²) < 4.78 is 7.02. The molecule has 23 heavy (non-hydrogen) atoms. The van der Waals surface area contributed by atoms with Crippen molar-refractivity contribution in [1.82, 2.24) is 24.8 Å². The van der Waals surface area contributed by atoms with Crippen LogP contribution in [0.15, 0.2) is 16.9 Å². The molecule has 0 spiro atoms. The molecule has 8 heteroatoms. The van der Waals surface area contributed by atoms with E-state index < -0.39 is 6.10 Å². The van der Waals surface area contributed by atoms with Crippen molar-refractivity contribution < 1.29 is 9.63 Å². The molecule has 1 fully saturated rings. The molecule has 1 aliphatic heterocycles. The SMILES string of the molecule is CN(C)c1noc(CN2CCC[C@H]2C[C@@H](O)c2cnn(C)c2)n1. The molecule has 3 rings (SSSR count). The molecular formula is C15H24N6O2. The second kappa shape index (κ2) is 6.67. The summed E-state index contributed by atoms with van der Waals surface area (Å²) in [5.74, 6) is 1.21. The van der Waals surface area contributed by atoms with Crippen LogP contribution >= 0.6 is 0 Å². The molecule has 0 amide bonds. The Hall–Kier alpha value is -1.93. The van der Waals surface area contributed by atoms with Gasteiger partial charge in [0, 0.05) is 38.9 Å². The van der Waals surface area contributed by atoms with Crippen molar-refractivity contribution >= 4 is 5.95 Å². The summed E-state index contributed by atoms with van der Waals surface area (Å²) in [5.41, 5.74) is 0.868. The Balaban J connectivity index is 1.60. The molecule has 3 heterocycles. The maximum absolute atomic E-state index is 10.4. The molecule has 0 radical (unpaired) electrons. The number of aryl methyl sites for hydroxylation is 1. The topological polar surface area (TPSA) is 83.5 Å². The number of likely N-dealkylation sites (tertiary alicyclic amines) is 1. The molecule has 0 aromatic carbocycles. The summed E-state index contributed by atoms with van der Waals surface area (Å²) in [6.45, 7) is 1.62. The van der Waals surface area contributed by atoms with Crippen LogP contribution in [-0.4, -0.2) is 56.6 Å². The predicted octanol–water partition coefficient (Wildman–Crippen LogP) is 0.957. The minimum Gasteiger partial charge on any atom is -0.388 e. The van der Waals surface area contributed by atoms with Gasteiger partial charge in [-0.05, 0) is 31.0 Å². The first-order valence-electron chi connectivity index (χ1n) is 7.93. The second-order valence-corrected chi connectivity index (χ2v) is 6.35. The van der Waals surface area contributed by atoms with E-state index in [4.69, 9.17) is 4.52 Å². The van der Waals surface area contributed by atoms with Crippen LogP contribution in [0.3, 0.4) is 0 Å². The third-order valence-corrected chi connectivity index (χ3v) is 4.30. The first kappa shape index (κ1) is 15.9. The quantitative estimate of drug-likeness (QED) is 0.848. The smallest absolute Gasteiger partial charge is 0.265 e. The van der Waals surface area contributed by atoms with Crippen LogP contribution in [0.4, 0.5) is 5.95 Å². The van der Waals surface area contributed by atoms with Gasteiger partial charge in [-0.2, -0.15) is 10.1 Å². The lowest BCUT2D eigenvalue weighted by Gasteiger charge is -2.24. The number of rotatable bonds is 6. The Bertz CT molecular complexity index is 637. The molecule has 0 aliphatic carbocycles. The highest BCUT2D eigenvalue weighted by Crippen LogP contribution is 2.28. The summed E-state index contributed by atoms with van der Waals surface area (Å²) in [7, 11) is 5.63. The number of nitrogens with zero attached hydrogens (tertiary/aromatic N) is 6. The number of aromatic nitrogens is 4. The Kier molecular flexibility index (Phi) is 4.63. The summed E-state index contributed by atoms with van der Waals surface area (Å²) in [6, 6.07) is 0.319. The summed E-state index contributed by atoms with van der Waals surface area (Å²) in [6.07, 6.45) is 6.00.